The molecule has 0 fully saturated rings. The van der Waals surface area contributed by atoms with Crippen molar-refractivity contribution in [1.29, 1.82) is 0 Å². The molecule has 0 saturated heterocycles. The lowest BCUT2D eigenvalue weighted by molar-refractivity contribution is -0.124. The molecule has 1 amide bonds. The normalized spacial score (nSPS) is 12.7. The maximum Gasteiger partial charge on any atom is 0.222 e. The number of hydrogen-bond donors (Lipinski definition) is 1. The van der Waals surface area contributed by atoms with E-state index in [-0.39, 0.29) is 18.2 Å². The van der Waals surface area contributed by atoms with Gasteiger partial charge in [0.25, 0.3) is 0 Å². The van der Waals surface area contributed by atoms with Crippen LogP contribution in [0.2, 0.25) is 5.02 Å². The minimum absolute atomic E-state index is 0.0218. The Bertz CT molecular complexity index is 799. The number of hydrogen-bond acceptors (Lipinski definition) is 3. The van der Waals surface area contributed by atoms with Gasteiger partial charge in [-0.15, -0.1) is 0 Å². The molecular formula is C29H42ClNO3. The van der Waals surface area contributed by atoms with Gasteiger partial charge in [-0.1, -0.05) is 101 Å². The van der Waals surface area contributed by atoms with Gasteiger partial charge in [0, 0.05) is 12.8 Å². The van der Waals surface area contributed by atoms with E-state index in [1.807, 2.05) is 61.5 Å². The minimum atomic E-state index is -0.342. The van der Waals surface area contributed by atoms with Crippen molar-refractivity contribution in [2.24, 2.45) is 0 Å². The van der Waals surface area contributed by atoms with Gasteiger partial charge in [-0.05, 0) is 43.5 Å². The van der Waals surface area contributed by atoms with E-state index in [0.717, 1.165) is 18.6 Å². The van der Waals surface area contributed by atoms with E-state index in [1.165, 1.54) is 44.9 Å². The van der Waals surface area contributed by atoms with Gasteiger partial charge in [-0.3, -0.25) is 4.79 Å². The fourth-order valence-corrected chi connectivity index (χ4v) is 4.09. The number of para-hydroxylation sites is 2. The Balaban J connectivity index is 1.81. The van der Waals surface area contributed by atoms with Crippen LogP contribution in [-0.2, 0) is 4.79 Å². The van der Waals surface area contributed by atoms with Crippen LogP contribution in [0.4, 0.5) is 0 Å². The zero-order valence-electron chi connectivity index (χ0n) is 20.9. The van der Waals surface area contributed by atoms with Crippen molar-refractivity contribution in [2.75, 3.05) is 0 Å². The molecule has 0 saturated carbocycles. The first-order chi connectivity index (χ1) is 16.6. The van der Waals surface area contributed by atoms with Crippen LogP contribution in [0.15, 0.2) is 54.6 Å². The first kappa shape index (κ1) is 28.0. The first-order valence-corrected chi connectivity index (χ1v) is 13.4. The molecule has 2 rings (SSSR count). The number of unbranched alkanes of at least 4 members (excludes halogenated alkanes) is 7. The molecule has 5 heteroatoms. The third-order valence-corrected chi connectivity index (χ3v) is 6.23. The van der Waals surface area contributed by atoms with E-state index < -0.39 is 0 Å². The van der Waals surface area contributed by atoms with Crippen molar-refractivity contribution in [3.8, 4) is 11.5 Å². The van der Waals surface area contributed by atoms with Crippen molar-refractivity contribution in [3.05, 3.63) is 59.6 Å². The van der Waals surface area contributed by atoms with Crippen LogP contribution in [0.5, 0.6) is 11.5 Å². The Morgan fingerprint density at radius 3 is 2.15 bits per heavy atom. The monoisotopic (exact) mass is 487 g/mol. The number of nitrogens with one attached hydrogen (secondary N) is 1. The standard InChI is InChI=1S/C29H42ClNO3/c1-3-5-6-7-8-9-10-12-19-25(33-27-21-16-15-20-26(27)30)22-23-28(32)31-29(4-2)34-24-17-13-11-14-18-24/h11,13-18,20-21,25,29H,3-10,12,19,22-23H2,1-2H3,(H,31,32). The van der Waals surface area contributed by atoms with E-state index in [2.05, 4.69) is 12.2 Å². The van der Waals surface area contributed by atoms with E-state index in [4.69, 9.17) is 21.1 Å². The lowest BCUT2D eigenvalue weighted by Gasteiger charge is -2.22. The maximum atomic E-state index is 12.7. The van der Waals surface area contributed by atoms with Gasteiger partial charge >= 0.3 is 0 Å². The van der Waals surface area contributed by atoms with E-state index in [0.29, 0.717) is 30.0 Å². The predicted molar refractivity (Wildman–Crippen MR) is 142 cm³/mol. The van der Waals surface area contributed by atoms with Crippen molar-refractivity contribution >= 4 is 17.5 Å². The van der Waals surface area contributed by atoms with Gasteiger partial charge in [0.2, 0.25) is 5.91 Å². The number of rotatable bonds is 18. The molecule has 0 aliphatic heterocycles. The largest absolute Gasteiger partial charge is 0.489 e. The van der Waals surface area contributed by atoms with Gasteiger partial charge in [-0.2, -0.15) is 0 Å². The minimum Gasteiger partial charge on any atom is -0.489 e. The number of benzene rings is 2. The highest BCUT2D eigenvalue weighted by Gasteiger charge is 2.17. The molecule has 1 N–H and O–H groups in total. The van der Waals surface area contributed by atoms with E-state index in [9.17, 15) is 4.79 Å². The highest BCUT2D eigenvalue weighted by atomic mass is 35.5. The molecule has 2 atom stereocenters. The summed E-state index contributed by atoms with van der Waals surface area (Å²) in [5, 5.41) is 3.61. The van der Waals surface area contributed by atoms with Crippen molar-refractivity contribution < 1.29 is 14.3 Å². The summed E-state index contributed by atoms with van der Waals surface area (Å²) in [6.45, 7) is 4.25. The van der Waals surface area contributed by atoms with Gasteiger partial charge in [0.05, 0.1) is 11.1 Å². The van der Waals surface area contributed by atoms with Crippen molar-refractivity contribution in [1.82, 2.24) is 5.32 Å². The molecule has 188 valence electrons. The zero-order chi connectivity index (χ0) is 24.4. The first-order valence-electron chi connectivity index (χ1n) is 13.0. The van der Waals surface area contributed by atoms with Crippen LogP contribution in [-0.4, -0.2) is 18.2 Å². The van der Waals surface area contributed by atoms with Crippen LogP contribution >= 0.6 is 11.6 Å². The zero-order valence-corrected chi connectivity index (χ0v) is 21.7. The van der Waals surface area contributed by atoms with Gasteiger partial charge < -0.3 is 14.8 Å². The lowest BCUT2D eigenvalue weighted by Crippen LogP contribution is -2.39. The average molecular weight is 488 g/mol. The van der Waals surface area contributed by atoms with Gasteiger partial charge in [0.1, 0.15) is 11.5 Å². The summed E-state index contributed by atoms with van der Waals surface area (Å²) < 4.78 is 12.1. The topological polar surface area (TPSA) is 47.6 Å². The molecule has 0 aliphatic carbocycles. The van der Waals surface area contributed by atoms with E-state index >= 15 is 0 Å². The summed E-state index contributed by atoms with van der Waals surface area (Å²) in [6, 6.07) is 17.1. The fourth-order valence-electron chi connectivity index (χ4n) is 3.91. The quantitative estimate of drug-likeness (QED) is 0.170. The molecule has 2 aromatic carbocycles. The second-order valence-electron chi connectivity index (χ2n) is 8.87. The van der Waals surface area contributed by atoms with Crippen LogP contribution in [0, 0.1) is 0 Å². The highest BCUT2D eigenvalue weighted by molar-refractivity contribution is 6.32. The SMILES string of the molecule is CCCCCCCCCCC(CCC(=O)NC(CC)Oc1ccccc1)Oc1ccccc1Cl. The Labute approximate surface area is 211 Å². The summed E-state index contributed by atoms with van der Waals surface area (Å²) in [5.74, 6) is 1.42. The molecule has 2 aromatic rings. The smallest absolute Gasteiger partial charge is 0.222 e. The summed E-state index contributed by atoms with van der Waals surface area (Å²) in [4.78, 5) is 12.7. The molecule has 0 spiro atoms. The predicted octanol–water partition coefficient (Wildman–Crippen LogP) is 8.33. The van der Waals surface area contributed by atoms with Gasteiger partial charge in [-0.25, -0.2) is 0 Å². The Morgan fingerprint density at radius 2 is 1.47 bits per heavy atom. The van der Waals surface area contributed by atoms with Crippen LogP contribution in [0.25, 0.3) is 0 Å². The third kappa shape index (κ3) is 11.8. The molecule has 4 nitrogen and oxygen atoms in total. The molecule has 0 bridgehead atoms. The highest BCUT2D eigenvalue weighted by Crippen LogP contribution is 2.27. The van der Waals surface area contributed by atoms with Gasteiger partial charge in [0.15, 0.2) is 6.23 Å². The Kier molecular flexibility index (Phi) is 14.2. The van der Waals surface area contributed by atoms with Crippen LogP contribution < -0.4 is 14.8 Å². The van der Waals surface area contributed by atoms with Crippen molar-refractivity contribution in [2.45, 2.75) is 103 Å². The second kappa shape index (κ2) is 17.3. The van der Waals surface area contributed by atoms with Crippen LogP contribution in [0.1, 0.15) is 90.9 Å². The summed E-state index contributed by atoms with van der Waals surface area (Å²) in [7, 11) is 0. The Morgan fingerprint density at radius 1 is 0.824 bits per heavy atom. The van der Waals surface area contributed by atoms with Crippen molar-refractivity contribution in [3.63, 3.8) is 0 Å². The molecule has 2 unspecified atom stereocenters. The molecule has 0 aliphatic rings. The average Bonchev–Trinajstić information content (AvgIpc) is 2.85. The maximum absolute atomic E-state index is 12.7. The number of halogens is 1. The second-order valence-corrected chi connectivity index (χ2v) is 9.28. The summed E-state index contributed by atoms with van der Waals surface area (Å²) in [6.07, 6.45) is 12.4. The molecule has 34 heavy (non-hydrogen) atoms. The van der Waals surface area contributed by atoms with E-state index in [1.54, 1.807) is 0 Å². The number of carbonyl (C=O) groups is 1. The van der Waals surface area contributed by atoms with Crippen LogP contribution in [0.3, 0.4) is 0 Å². The fraction of sp³-hybridized carbons (Fsp3) is 0.552. The Hall–Kier alpha value is -2.20. The lowest BCUT2D eigenvalue weighted by atomic mass is 10.0. The summed E-state index contributed by atoms with van der Waals surface area (Å²) in [5.41, 5.74) is 0. The molecule has 0 radical (unpaired) electrons. The molecule has 0 heterocycles. The number of ether oxygens (including phenoxy) is 2. The summed E-state index contributed by atoms with van der Waals surface area (Å²) >= 11 is 6.32. The number of carbonyl (C=O) groups excluding carboxylic acids is 1. The third-order valence-electron chi connectivity index (χ3n) is 5.92. The number of amides is 1. The molecular weight excluding hydrogens is 446 g/mol. The molecule has 0 aromatic heterocycles.